The average molecular weight is 267 g/mol. The minimum atomic E-state index is -0.109. The van der Waals surface area contributed by atoms with Gasteiger partial charge < -0.3 is 5.41 Å². The van der Waals surface area contributed by atoms with E-state index in [1.165, 1.54) is 0 Å². The van der Waals surface area contributed by atoms with E-state index in [1.807, 2.05) is 45.0 Å². The molecular weight excluding hydrogens is 252 g/mol. The zero-order chi connectivity index (χ0) is 11.5. The van der Waals surface area contributed by atoms with Crippen molar-refractivity contribution in [3.05, 3.63) is 34.6 Å². The topological polar surface area (TPSA) is 36.7 Å². The third kappa shape index (κ3) is 3.96. The second-order valence-electron chi connectivity index (χ2n) is 4.38. The van der Waals surface area contributed by atoms with Crippen molar-refractivity contribution in [3.63, 3.8) is 0 Å². The van der Waals surface area contributed by atoms with Gasteiger partial charge in [0, 0.05) is 11.1 Å². The molecule has 80 valence electrons. The maximum absolute atomic E-state index is 7.82. The molecule has 1 N–H and O–H groups in total. The molecule has 1 heterocycles. The highest BCUT2D eigenvalue weighted by atomic mass is 79.9. The molecule has 0 unspecified atom stereocenters. The van der Waals surface area contributed by atoms with Gasteiger partial charge in [0.05, 0.1) is 5.69 Å². The fourth-order valence-electron chi connectivity index (χ4n) is 0.936. The van der Waals surface area contributed by atoms with Crippen LogP contribution in [-0.2, 0) is 0 Å². The van der Waals surface area contributed by atoms with E-state index in [1.54, 1.807) is 6.08 Å². The van der Waals surface area contributed by atoms with Crippen LogP contribution in [0.2, 0.25) is 0 Å². The molecule has 0 fully saturated rings. The van der Waals surface area contributed by atoms with Gasteiger partial charge in [-0.3, -0.25) is 0 Å². The predicted molar refractivity (Wildman–Crippen MR) is 68.2 cm³/mol. The molecule has 0 radical (unpaired) electrons. The van der Waals surface area contributed by atoms with E-state index in [4.69, 9.17) is 5.41 Å². The number of hydrogen-bond donors (Lipinski definition) is 1. The van der Waals surface area contributed by atoms with Gasteiger partial charge in [-0.05, 0) is 40.2 Å². The number of nitrogens with one attached hydrogen (secondary N) is 1. The second-order valence-corrected chi connectivity index (χ2v) is 5.19. The van der Waals surface area contributed by atoms with Crippen LogP contribution in [0.15, 0.2) is 28.9 Å². The Morgan fingerprint density at radius 2 is 2.07 bits per heavy atom. The molecule has 0 saturated heterocycles. The van der Waals surface area contributed by atoms with Crippen LogP contribution >= 0.6 is 15.9 Å². The van der Waals surface area contributed by atoms with Gasteiger partial charge in [-0.15, -0.1) is 0 Å². The molecule has 1 aromatic heterocycles. The molecule has 0 bridgehead atoms. The number of hydrogen-bond acceptors (Lipinski definition) is 2. The monoisotopic (exact) mass is 266 g/mol. The summed E-state index contributed by atoms with van der Waals surface area (Å²) in [5.74, 6) is 0. The summed E-state index contributed by atoms with van der Waals surface area (Å²) in [6.07, 6.45) is 3.66. The molecule has 2 nitrogen and oxygen atoms in total. The van der Waals surface area contributed by atoms with Crippen LogP contribution < -0.4 is 0 Å². The van der Waals surface area contributed by atoms with E-state index in [9.17, 15) is 0 Å². The summed E-state index contributed by atoms with van der Waals surface area (Å²) in [6.45, 7) is 6.07. The minimum Gasteiger partial charge on any atom is -0.305 e. The third-order valence-corrected chi connectivity index (χ3v) is 2.41. The summed E-state index contributed by atoms with van der Waals surface area (Å²) in [7, 11) is 0. The lowest BCUT2D eigenvalue weighted by Gasteiger charge is -2.16. The van der Waals surface area contributed by atoms with Crippen molar-refractivity contribution in [1.29, 1.82) is 5.41 Å². The first-order valence-electron chi connectivity index (χ1n) is 4.79. The van der Waals surface area contributed by atoms with Gasteiger partial charge in [-0.2, -0.15) is 0 Å². The van der Waals surface area contributed by atoms with E-state index in [2.05, 4.69) is 20.9 Å². The summed E-state index contributed by atoms with van der Waals surface area (Å²) in [6, 6.07) is 5.72. The van der Waals surface area contributed by atoms with Gasteiger partial charge in [0.15, 0.2) is 0 Å². The Hall–Kier alpha value is -0.960. The van der Waals surface area contributed by atoms with E-state index < -0.39 is 0 Å². The molecule has 0 aromatic carbocycles. The molecule has 0 aliphatic rings. The number of pyridine rings is 1. The van der Waals surface area contributed by atoms with Crippen LogP contribution in [0.1, 0.15) is 26.5 Å². The van der Waals surface area contributed by atoms with E-state index in [0.717, 1.165) is 10.3 Å². The molecule has 0 aliphatic carbocycles. The quantitative estimate of drug-likeness (QED) is 0.639. The number of rotatable bonds is 2. The van der Waals surface area contributed by atoms with Gasteiger partial charge in [-0.1, -0.05) is 26.8 Å². The van der Waals surface area contributed by atoms with Gasteiger partial charge in [-0.25, -0.2) is 4.98 Å². The summed E-state index contributed by atoms with van der Waals surface area (Å²) >= 11 is 3.31. The molecule has 0 amide bonds. The van der Waals surface area contributed by atoms with Crippen molar-refractivity contribution in [3.8, 4) is 0 Å². The highest BCUT2D eigenvalue weighted by molar-refractivity contribution is 9.10. The predicted octanol–water partition coefficient (Wildman–Crippen LogP) is 3.92. The Morgan fingerprint density at radius 3 is 2.60 bits per heavy atom. The highest BCUT2D eigenvalue weighted by Gasteiger charge is 2.13. The zero-order valence-corrected chi connectivity index (χ0v) is 10.8. The van der Waals surface area contributed by atoms with E-state index >= 15 is 0 Å². The largest absolute Gasteiger partial charge is 0.305 e. The first-order valence-corrected chi connectivity index (χ1v) is 5.58. The number of allylic oxidation sites excluding steroid dienone is 1. The Labute approximate surface area is 99.1 Å². The van der Waals surface area contributed by atoms with Crippen molar-refractivity contribution in [2.24, 2.45) is 5.41 Å². The maximum Gasteiger partial charge on any atom is 0.106 e. The molecule has 1 aromatic rings. The standard InChI is InChI=1S/C12H15BrN2/c1-12(2,3)10(14)8-7-9-5-4-6-11(13)15-9/h4-8,14H,1-3H3/b8-7+,14-10?. The zero-order valence-electron chi connectivity index (χ0n) is 9.21. The van der Waals surface area contributed by atoms with Gasteiger partial charge in [0.25, 0.3) is 0 Å². The van der Waals surface area contributed by atoms with Crippen LogP contribution in [0.3, 0.4) is 0 Å². The van der Waals surface area contributed by atoms with Crippen LogP contribution in [0.5, 0.6) is 0 Å². The molecular formula is C12H15BrN2. The molecule has 0 saturated carbocycles. The van der Waals surface area contributed by atoms with Crippen molar-refractivity contribution in [2.45, 2.75) is 20.8 Å². The molecule has 0 aliphatic heterocycles. The lowest BCUT2D eigenvalue weighted by molar-refractivity contribution is 0.591. The summed E-state index contributed by atoms with van der Waals surface area (Å²) in [5.41, 5.74) is 1.35. The van der Waals surface area contributed by atoms with E-state index in [0.29, 0.717) is 5.71 Å². The Kier molecular flexibility index (Phi) is 3.80. The summed E-state index contributed by atoms with van der Waals surface area (Å²) in [4.78, 5) is 4.26. The molecule has 0 atom stereocenters. The van der Waals surface area contributed by atoms with Gasteiger partial charge >= 0.3 is 0 Å². The number of nitrogens with zero attached hydrogens (tertiary/aromatic N) is 1. The highest BCUT2D eigenvalue weighted by Crippen LogP contribution is 2.16. The van der Waals surface area contributed by atoms with Crippen LogP contribution in [-0.4, -0.2) is 10.7 Å². The van der Waals surface area contributed by atoms with Crippen molar-refractivity contribution >= 4 is 27.7 Å². The van der Waals surface area contributed by atoms with Gasteiger partial charge in [0.2, 0.25) is 0 Å². The molecule has 0 spiro atoms. The third-order valence-electron chi connectivity index (χ3n) is 1.97. The van der Waals surface area contributed by atoms with Crippen molar-refractivity contribution < 1.29 is 0 Å². The fraction of sp³-hybridized carbons (Fsp3) is 0.333. The molecule has 15 heavy (non-hydrogen) atoms. The fourth-order valence-corrected chi connectivity index (χ4v) is 1.29. The Morgan fingerprint density at radius 1 is 1.40 bits per heavy atom. The van der Waals surface area contributed by atoms with Gasteiger partial charge in [0.1, 0.15) is 4.60 Å². The minimum absolute atomic E-state index is 0.109. The first kappa shape index (κ1) is 12.1. The Bertz CT molecular complexity index is 389. The normalized spacial score (nSPS) is 12.0. The number of halogens is 1. The van der Waals surface area contributed by atoms with Crippen molar-refractivity contribution in [2.75, 3.05) is 0 Å². The lowest BCUT2D eigenvalue weighted by atomic mass is 9.90. The second kappa shape index (κ2) is 4.71. The number of aromatic nitrogens is 1. The summed E-state index contributed by atoms with van der Waals surface area (Å²) < 4.78 is 0.812. The Balaban J connectivity index is 2.79. The van der Waals surface area contributed by atoms with Crippen LogP contribution in [0, 0.1) is 10.8 Å². The van der Waals surface area contributed by atoms with E-state index in [-0.39, 0.29) is 5.41 Å². The average Bonchev–Trinajstić information content (AvgIpc) is 2.12. The van der Waals surface area contributed by atoms with Crippen LogP contribution in [0.4, 0.5) is 0 Å². The SMILES string of the molecule is CC(C)(C)C(=N)/C=C/c1cccc(Br)n1. The lowest BCUT2D eigenvalue weighted by Crippen LogP contribution is -2.16. The van der Waals surface area contributed by atoms with Crippen molar-refractivity contribution in [1.82, 2.24) is 4.98 Å². The smallest absolute Gasteiger partial charge is 0.106 e. The van der Waals surface area contributed by atoms with Crippen LogP contribution in [0.25, 0.3) is 6.08 Å². The summed E-state index contributed by atoms with van der Waals surface area (Å²) in [5, 5.41) is 7.82. The molecule has 1 rings (SSSR count). The first-order chi connectivity index (χ1) is 6.89. The molecule has 3 heteroatoms. The maximum atomic E-state index is 7.82.